The Morgan fingerprint density at radius 2 is 0.977 bits per heavy atom. The van der Waals surface area contributed by atoms with Crippen molar-refractivity contribution in [2.45, 2.75) is 0 Å². The maximum absolute atomic E-state index is 6.25. The summed E-state index contributed by atoms with van der Waals surface area (Å²) in [6, 6.07) is 47.9. The van der Waals surface area contributed by atoms with Gasteiger partial charge in [0.25, 0.3) is 0 Å². The molecule has 0 unspecified atom stereocenters. The van der Waals surface area contributed by atoms with Crippen molar-refractivity contribution in [3.8, 4) is 56.2 Å². The molecule has 43 heavy (non-hydrogen) atoms. The third-order valence-corrected chi connectivity index (χ3v) is 7.78. The van der Waals surface area contributed by atoms with Crippen LogP contribution in [0.15, 0.2) is 156 Å². The molecule has 0 spiro atoms. The van der Waals surface area contributed by atoms with Crippen LogP contribution in [0.4, 0.5) is 0 Å². The van der Waals surface area contributed by atoms with Crippen LogP contribution in [0.2, 0.25) is 0 Å². The smallest absolute Gasteiger partial charge is 0.160 e. The van der Waals surface area contributed by atoms with Gasteiger partial charge in [0.15, 0.2) is 5.82 Å². The minimum absolute atomic E-state index is 0.681. The lowest BCUT2D eigenvalue weighted by molar-refractivity contribution is 0.669. The average Bonchev–Trinajstić information content (AvgIpc) is 3.47. The summed E-state index contributed by atoms with van der Waals surface area (Å²) < 4.78 is 6.25. The Labute approximate surface area is 249 Å². The SMILES string of the molecule is c1ccc(-c2cc(-c3ccc4c(c3)oc3ccccc34)cc(-c3cc(-c4ccncc4)nc(-c4ccccc4)n3)c2)cc1. The molecule has 0 N–H and O–H groups in total. The molecule has 0 atom stereocenters. The van der Waals surface area contributed by atoms with Crippen LogP contribution in [-0.2, 0) is 0 Å². The summed E-state index contributed by atoms with van der Waals surface area (Å²) in [6.45, 7) is 0. The van der Waals surface area contributed by atoms with Crippen LogP contribution < -0.4 is 0 Å². The van der Waals surface area contributed by atoms with E-state index < -0.39 is 0 Å². The molecule has 4 heteroatoms. The molecule has 0 aliphatic heterocycles. The van der Waals surface area contributed by atoms with Crippen LogP contribution in [0.1, 0.15) is 0 Å². The van der Waals surface area contributed by atoms with Crippen molar-refractivity contribution >= 4 is 21.9 Å². The van der Waals surface area contributed by atoms with Gasteiger partial charge in [-0.2, -0.15) is 0 Å². The van der Waals surface area contributed by atoms with Crippen LogP contribution in [0.3, 0.4) is 0 Å². The van der Waals surface area contributed by atoms with Gasteiger partial charge in [-0.05, 0) is 76.9 Å². The predicted octanol–water partition coefficient (Wildman–Crippen LogP) is 10.1. The van der Waals surface area contributed by atoms with E-state index in [1.54, 1.807) is 12.4 Å². The van der Waals surface area contributed by atoms with E-state index in [9.17, 15) is 0 Å². The fourth-order valence-electron chi connectivity index (χ4n) is 5.63. The number of pyridine rings is 1. The van der Waals surface area contributed by atoms with Crippen molar-refractivity contribution in [2.24, 2.45) is 0 Å². The molecule has 0 saturated heterocycles. The van der Waals surface area contributed by atoms with Crippen LogP contribution in [0.25, 0.3) is 78.1 Å². The first-order chi connectivity index (χ1) is 21.3. The average molecular weight is 552 g/mol. The summed E-state index contributed by atoms with van der Waals surface area (Å²) in [6.07, 6.45) is 3.59. The molecule has 0 fully saturated rings. The first-order valence-electron chi connectivity index (χ1n) is 14.3. The Morgan fingerprint density at radius 1 is 0.372 bits per heavy atom. The van der Waals surface area contributed by atoms with Gasteiger partial charge in [-0.3, -0.25) is 4.98 Å². The van der Waals surface area contributed by atoms with Crippen LogP contribution in [-0.4, -0.2) is 15.0 Å². The highest BCUT2D eigenvalue weighted by atomic mass is 16.3. The van der Waals surface area contributed by atoms with Gasteiger partial charge >= 0.3 is 0 Å². The van der Waals surface area contributed by atoms with Crippen molar-refractivity contribution < 1.29 is 4.42 Å². The standard InChI is InChI=1S/C39H25N3O/c1-3-9-26(10-4-1)30-21-31(29-15-16-34-33-13-7-8-14-37(33)43-38(34)24-29)23-32(22-30)36-25-35(27-17-19-40-20-18-27)41-39(42-36)28-11-5-2-6-12-28/h1-25H. The third kappa shape index (κ3) is 4.75. The quantitative estimate of drug-likeness (QED) is 0.214. The molecule has 4 nitrogen and oxygen atoms in total. The Morgan fingerprint density at radius 3 is 1.74 bits per heavy atom. The highest BCUT2D eigenvalue weighted by molar-refractivity contribution is 6.06. The molecule has 0 aliphatic carbocycles. The molecule has 8 aromatic rings. The van der Waals surface area contributed by atoms with Gasteiger partial charge in [0.1, 0.15) is 11.2 Å². The number of aromatic nitrogens is 3. The molecule has 8 rings (SSSR count). The first kappa shape index (κ1) is 24.9. The van der Waals surface area contributed by atoms with Gasteiger partial charge in [-0.15, -0.1) is 0 Å². The van der Waals surface area contributed by atoms with E-state index in [-0.39, 0.29) is 0 Å². The number of furan rings is 1. The second kappa shape index (κ2) is 10.5. The number of hydrogen-bond acceptors (Lipinski definition) is 4. The number of rotatable bonds is 5. The molecule has 0 saturated carbocycles. The fourth-order valence-corrected chi connectivity index (χ4v) is 5.63. The van der Waals surface area contributed by atoms with E-state index in [1.165, 1.54) is 0 Å². The van der Waals surface area contributed by atoms with Crippen molar-refractivity contribution in [3.63, 3.8) is 0 Å². The zero-order valence-corrected chi connectivity index (χ0v) is 23.2. The third-order valence-electron chi connectivity index (χ3n) is 7.78. The van der Waals surface area contributed by atoms with E-state index in [1.807, 2.05) is 66.7 Å². The number of nitrogens with zero attached hydrogens (tertiary/aromatic N) is 3. The second-order valence-corrected chi connectivity index (χ2v) is 10.5. The lowest BCUT2D eigenvalue weighted by Crippen LogP contribution is -1.96. The van der Waals surface area contributed by atoms with Crippen molar-refractivity contribution in [1.82, 2.24) is 15.0 Å². The van der Waals surface area contributed by atoms with Gasteiger partial charge in [0.2, 0.25) is 0 Å². The van der Waals surface area contributed by atoms with Gasteiger partial charge in [-0.25, -0.2) is 9.97 Å². The summed E-state index contributed by atoms with van der Waals surface area (Å²) in [5, 5.41) is 2.24. The van der Waals surface area contributed by atoms with Gasteiger partial charge in [-0.1, -0.05) is 84.9 Å². The van der Waals surface area contributed by atoms with E-state index in [0.717, 1.165) is 72.3 Å². The summed E-state index contributed by atoms with van der Waals surface area (Å²) in [7, 11) is 0. The molecule has 0 bridgehead atoms. The van der Waals surface area contributed by atoms with Crippen molar-refractivity contribution in [3.05, 3.63) is 152 Å². The molecule has 3 heterocycles. The van der Waals surface area contributed by atoms with Gasteiger partial charge in [0.05, 0.1) is 11.4 Å². The number of benzene rings is 5. The zero-order valence-electron chi connectivity index (χ0n) is 23.2. The predicted molar refractivity (Wildman–Crippen MR) is 174 cm³/mol. The van der Waals surface area contributed by atoms with E-state index in [2.05, 4.69) is 77.8 Å². The molecule has 5 aromatic carbocycles. The summed E-state index contributed by atoms with van der Waals surface area (Å²) in [4.78, 5) is 14.3. The van der Waals surface area contributed by atoms with Gasteiger partial charge < -0.3 is 4.42 Å². The summed E-state index contributed by atoms with van der Waals surface area (Å²) in [5.74, 6) is 0.681. The molecule has 0 aliphatic rings. The lowest BCUT2D eigenvalue weighted by Gasteiger charge is -2.13. The number of fused-ring (bicyclic) bond motifs is 3. The van der Waals surface area contributed by atoms with E-state index in [0.29, 0.717) is 5.82 Å². The molecule has 3 aromatic heterocycles. The minimum atomic E-state index is 0.681. The molecule has 202 valence electrons. The Kier molecular flexibility index (Phi) is 6.08. The van der Waals surface area contributed by atoms with Crippen LogP contribution in [0, 0.1) is 0 Å². The van der Waals surface area contributed by atoms with Crippen LogP contribution >= 0.6 is 0 Å². The highest BCUT2D eigenvalue weighted by Gasteiger charge is 2.14. The first-order valence-corrected chi connectivity index (χ1v) is 14.3. The summed E-state index contributed by atoms with van der Waals surface area (Å²) in [5.41, 5.74) is 10.9. The maximum atomic E-state index is 6.25. The fraction of sp³-hybridized carbons (Fsp3) is 0. The maximum Gasteiger partial charge on any atom is 0.160 e. The largest absolute Gasteiger partial charge is 0.456 e. The molecule has 0 amide bonds. The highest BCUT2D eigenvalue weighted by Crippen LogP contribution is 2.37. The normalized spacial score (nSPS) is 11.3. The second-order valence-electron chi connectivity index (χ2n) is 10.5. The van der Waals surface area contributed by atoms with Gasteiger partial charge in [0, 0.05) is 39.9 Å². The molecule has 0 radical (unpaired) electrons. The lowest BCUT2D eigenvalue weighted by atomic mass is 9.94. The van der Waals surface area contributed by atoms with E-state index >= 15 is 0 Å². The zero-order chi connectivity index (χ0) is 28.6. The number of hydrogen-bond donors (Lipinski definition) is 0. The summed E-state index contributed by atoms with van der Waals surface area (Å²) >= 11 is 0. The van der Waals surface area contributed by atoms with Crippen molar-refractivity contribution in [1.29, 1.82) is 0 Å². The Hall–Kier alpha value is -5.87. The Balaban J connectivity index is 1.34. The molecular formula is C39H25N3O. The van der Waals surface area contributed by atoms with Crippen LogP contribution in [0.5, 0.6) is 0 Å². The monoisotopic (exact) mass is 551 g/mol. The Bertz CT molecular complexity index is 2170. The minimum Gasteiger partial charge on any atom is -0.456 e. The topological polar surface area (TPSA) is 51.8 Å². The number of para-hydroxylation sites is 1. The van der Waals surface area contributed by atoms with Crippen molar-refractivity contribution in [2.75, 3.05) is 0 Å². The van der Waals surface area contributed by atoms with E-state index in [4.69, 9.17) is 14.4 Å². The molecular weight excluding hydrogens is 526 g/mol.